The Morgan fingerprint density at radius 2 is 2.18 bits per heavy atom. The molecule has 17 heavy (non-hydrogen) atoms. The Bertz CT molecular complexity index is 340. The van der Waals surface area contributed by atoms with Crippen LogP contribution in [0.5, 0.6) is 0 Å². The molecule has 3 nitrogen and oxygen atoms in total. The lowest BCUT2D eigenvalue weighted by Crippen LogP contribution is -2.33. The second-order valence-electron chi connectivity index (χ2n) is 5.32. The highest BCUT2D eigenvalue weighted by molar-refractivity contribution is 5.20. The number of rotatable bonds is 4. The molecule has 1 aliphatic rings. The van der Waals surface area contributed by atoms with E-state index in [1.165, 1.54) is 37.7 Å². The minimum atomic E-state index is 0.683. The molecule has 0 radical (unpaired) electrons. The van der Waals surface area contributed by atoms with Gasteiger partial charge in [-0.3, -0.25) is 0 Å². The largest absolute Gasteiger partial charge is 0.361 e. The zero-order valence-electron chi connectivity index (χ0n) is 11.3. The van der Waals surface area contributed by atoms with Gasteiger partial charge in [0.05, 0.1) is 5.69 Å². The summed E-state index contributed by atoms with van der Waals surface area (Å²) in [5.74, 6) is 1.88. The molecule has 0 amide bonds. The van der Waals surface area contributed by atoms with Gasteiger partial charge in [-0.2, -0.15) is 0 Å². The maximum absolute atomic E-state index is 5.19. The summed E-state index contributed by atoms with van der Waals surface area (Å²) in [6, 6.07) is 0.683. The zero-order valence-corrected chi connectivity index (χ0v) is 11.3. The Morgan fingerprint density at radius 3 is 2.82 bits per heavy atom. The van der Waals surface area contributed by atoms with Crippen LogP contribution in [0.25, 0.3) is 0 Å². The highest BCUT2D eigenvalue weighted by Gasteiger charge is 2.21. The lowest BCUT2D eigenvalue weighted by Gasteiger charge is -2.29. The second kappa shape index (κ2) is 5.67. The Kier molecular flexibility index (Phi) is 4.21. The third kappa shape index (κ3) is 3.09. The van der Waals surface area contributed by atoms with E-state index >= 15 is 0 Å². The van der Waals surface area contributed by atoms with Gasteiger partial charge in [-0.05, 0) is 32.6 Å². The van der Waals surface area contributed by atoms with Crippen LogP contribution in [0.3, 0.4) is 0 Å². The first-order valence-corrected chi connectivity index (χ1v) is 6.85. The van der Waals surface area contributed by atoms with E-state index in [-0.39, 0.29) is 0 Å². The third-order valence-electron chi connectivity index (χ3n) is 4.11. The van der Waals surface area contributed by atoms with Crippen molar-refractivity contribution in [2.24, 2.45) is 5.92 Å². The lowest BCUT2D eigenvalue weighted by atomic mass is 9.84. The van der Waals surface area contributed by atoms with Crippen LogP contribution in [0.2, 0.25) is 0 Å². The fourth-order valence-corrected chi connectivity index (χ4v) is 2.85. The summed E-state index contributed by atoms with van der Waals surface area (Å²) in [4.78, 5) is 0. The Labute approximate surface area is 104 Å². The van der Waals surface area contributed by atoms with E-state index in [9.17, 15) is 0 Å². The molecule has 0 aromatic carbocycles. The van der Waals surface area contributed by atoms with E-state index in [4.69, 9.17) is 4.52 Å². The van der Waals surface area contributed by atoms with Crippen LogP contribution in [0.1, 0.15) is 56.0 Å². The topological polar surface area (TPSA) is 38.1 Å². The van der Waals surface area contributed by atoms with Crippen molar-refractivity contribution in [3.8, 4) is 0 Å². The Balaban J connectivity index is 1.86. The predicted molar refractivity (Wildman–Crippen MR) is 68.9 cm³/mol. The summed E-state index contributed by atoms with van der Waals surface area (Å²) in [5.41, 5.74) is 2.27. The van der Waals surface area contributed by atoms with Crippen LogP contribution in [-0.2, 0) is 6.54 Å². The summed E-state index contributed by atoms with van der Waals surface area (Å²) >= 11 is 0. The van der Waals surface area contributed by atoms with E-state index in [1.807, 2.05) is 13.8 Å². The van der Waals surface area contributed by atoms with Crippen LogP contribution >= 0.6 is 0 Å². The highest BCUT2D eigenvalue weighted by Crippen LogP contribution is 2.26. The van der Waals surface area contributed by atoms with Crippen molar-refractivity contribution in [3.05, 3.63) is 17.0 Å². The van der Waals surface area contributed by atoms with Gasteiger partial charge in [0.2, 0.25) is 0 Å². The van der Waals surface area contributed by atoms with Gasteiger partial charge in [-0.25, -0.2) is 0 Å². The number of nitrogens with zero attached hydrogens (tertiary/aromatic N) is 1. The first-order chi connectivity index (χ1) is 8.20. The van der Waals surface area contributed by atoms with Crippen molar-refractivity contribution < 1.29 is 4.52 Å². The zero-order chi connectivity index (χ0) is 12.3. The molecule has 3 heteroatoms. The van der Waals surface area contributed by atoms with Crippen molar-refractivity contribution in [3.63, 3.8) is 0 Å². The number of aryl methyl sites for hydroxylation is 2. The van der Waals surface area contributed by atoms with E-state index in [0.717, 1.165) is 23.9 Å². The first kappa shape index (κ1) is 12.6. The fourth-order valence-electron chi connectivity index (χ4n) is 2.85. The van der Waals surface area contributed by atoms with E-state index < -0.39 is 0 Å². The molecule has 2 rings (SSSR count). The summed E-state index contributed by atoms with van der Waals surface area (Å²) < 4.78 is 5.19. The molecule has 1 aliphatic carbocycles. The highest BCUT2D eigenvalue weighted by atomic mass is 16.5. The quantitative estimate of drug-likeness (QED) is 0.871. The van der Waals surface area contributed by atoms with Crippen LogP contribution in [-0.4, -0.2) is 11.2 Å². The standard InChI is InChI=1S/C14H24N2O/c1-4-12-6-5-7-13(8-12)15-9-14-10(2)16-17-11(14)3/h12-13,15H,4-9H2,1-3H3. The molecule has 0 spiro atoms. The van der Waals surface area contributed by atoms with E-state index in [0.29, 0.717) is 6.04 Å². The maximum atomic E-state index is 5.19. The third-order valence-corrected chi connectivity index (χ3v) is 4.11. The SMILES string of the molecule is CCC1CCCC(NCc2c(C)noc2C)C1. The van der Waals surface area contributed by atoms with E-state index in [1.54, 1.807) is 0 Å². The van der Waals surface area contributed by atoms with Gasteiger partial charge >= 0.3 is 0 Å². The number of nitrogens with one attached hydrogen (secondary N) is 1. The molecule has 1 heterocycles. The van der Waals surface area contributed by atoms with Crippen LogP contribution in [0, 0.1) is 19.8 Å². The smallest absolute Gasteiger partial charge is 0.138 e. The van der Waals surface area contributed by atoms with Crippen molar-refractivity contribution in [2.45, 2.75) is 65.5 Å². The number of hydrogen-bond donors (Lipinski definition) is 1. The van der Waals surface area contributed by atoms with Gasteiger partial charge < -0.3 is 9.84 Å². The van der Waals surface area contributed by atoms with Crippen molar-refractivity contribution in [2.75, 3.05) is 0 Å². The summed E-state index contributed by atoms with van der Waals surface area (Å²) in [5, 5.41) is 7.67. The summed E-state index contributed by atoms with van der Waals surface area (Å²) in [7, 11) is 0. The van der Waals surface area contributed by atoms with Crippen molar-refractivity contribution >= 4 is 0 Å². The average Bonchev–Trinajstić information content (AvgIpc) is 2.67. The van der Waals surface area contributed by atoms with Crippen molar-refractivity contribution in [1.29, 1.82) is 0 Å². The van der Waals surface area contributed by atoms with Crippen molar-refractivity contribution in [1.82, 2.24) is 10.5 Å². The molecule has 1 fully saturated rings. The monoisotopic (exact) mass is 236 g/mol. The normalized spacial score (nSPS) is 25.1. The number of aromatic nitrogens is 1. The van der Waals surface area contributed by atoms with Gasteiger partial charge in [0, 0.05) is 18.2 Å². The molecule has 2 atom stereocenters. The minimum Gasteiger partial charge on any atom is -0.361 e. The Morgan fingerprint density at radius 1 is 1.35 bits per heavy atom. The fraction of sp³-hybridized carbons (Fsp3) is 0.786. The molecule has 2 unspecified atom stereocenters. The molecule has 1 saturated carbocycles. The second-order valence-corrected chi connectivity index (χ2v) is 5.32. The first-order valence-electron chi connectivity index (χ1n) is 6.85. The van der Waals surface area contributed by atoms with Crippen LogP contribution in [0.15, 0.2) is 4.52 Å². The maximum Gasteiger partial charge on any atom is 0.138 e. The molecule has 1 N–H and O–H groups in total. The van der Waals surface area contributed by atoms with E-state index in [2.05, 4.69) is 17.4 Å². The molecule has 0 bridgehead atoms. The predicted octanol–water partition coefficient (Wildman–Crippen LogP) is 3.35. The molecular weight excluding hydrogens is 212 g/mol. The molecular formula is C14H24N2O. The average molecular weight is 236 g/mol. The van der Waals surface area contributed by atoms with Crippen LogP contribution in [0.4, 0.5) is 0 Å². The minimum absolute atomic E-state index is 0.683. The number of hydrogen-bond acceptors (Lipinski definition) is 3. The molecule has 0 saturated heterocycles. The molecule has 96 valence electrons. The van der Waals surface area contributed by atoms with Gasteiger partial charge in [0.1, 0.15) is 5.76 Å². The lowest BCUT2D eigenvalue weighted by molar-refractivity contribution is 0.278. The molecule has 1 aromatic heterocycles. The summed E-state index contributed by atoms with van der Waals surface area (Å²) in [6.07, 6.45) is 6.76. The van der Waals surface area contributed by atoms with Crippen LogP contribution < -0.4 is 5.32 Å². The Hall–Kier alpha value is -0.830. The van der Waals surface area contributed by atoms with Gasteiger partial charge in [0.25, 0.3) is 0 Å². The molecule has 0 aliphatic heterocycles. The van der Waals surface area contributed by atoms with Gasteiger partial charge in [-0.15, -0.1) is 0 Å². The summed E-state index contributed by atoms with van der Waals surface area (Å²) in [6.45, 7) is 7.22. The van der Waals surface area contributed by atoms with Gasteiger partial charge in [0.15, 0.2) is 0 Å². The molecule has 1 aromatic rings. The van der Waals surface area contributed by atoms with Gasteiger partial charge in [-0.1, -0.05) is 31.3 Å².